The Bertz CT molecular complexity index is 1050. The van der Waals surface area contributed by atoms with Gasteiger partial charge in [0, 0.05) is 29.2 Å². The third kappa shape index (κ3) is 3.67. The SMILES string of the molecule is CCCCN1C(=O)C(=O)N(CC(=O)c2cc(C)n(-c3ccc(C)c(C)c3)c2C)C1=O. The van der Waals surface area contributed by atoms with Gasteiger partial charge in [-0.2, -0.15) is 0 Å². The van der Waals surface area contributed by atoms with Crippen LogP contribution in [0.15, 0.2) is 24.3 Å². The Morgan fingerprint density at radius 1 is 0.900 bits per heavy atom. The largest absolute Gasteiger partial charge is 0.334 e. The Hall–Kier alpha value is -3.22. The molecule has 1 aromatic heterocycles. The number of benzene rings is 1. The van der Waals surface area contributed by atoms with Gasteiger partial charge in [-0.25, -0.2) is 9.69 Å². The first-order chi connectivity index (χ1) is 14.2. The molecule has 0 N–H and O–H groups in total. The molecule has 7 nitrogen and oxygen atoms in total. The minimum absolute atomic E-state index is 0.186. The Labute approximate surface area is 176 Å². The molecule has 4 amide bonds. The second-order valence-electron chi connectivity index (χ2n) is 7.80. The Morgan fingerprint density at radius 3 is 2.20 bits per heavy atom. The van der Waals surface area contributed by atoms with E-state index in [1.54, 1.807) is 6.07 Å². The van der Waals surface area contributed by atoms with E-state index >= 15 is 0 Å². The summed E-state index contributed by atoms with van der Waals surface area (Å²) in [6, 6.07) is 7.13. The number of unbranched alkanes of at least 4 members (excludes halogenated alkanes) is 1. The van der Waals surface area contributed by atoms with E-state index in [1.165, 1.54) is 5.56 Å². The Balaban J connectivity index is 1.86. The molecular weight excluding hydrogens is 382 g/mol. The zero-order chi connectivity index (χ0) is 22.2. The zero-order valence-electron chi connectivity index (χ0n) is 18.1. The molecule has 7 heteroatoms. The van der Waals surface area contributed by atoms with Crippen molar-refractivity contribution in [2.75, 3.05) is 13.1 Å². The predicted octanol–water partition coefficient (Wildman–Crippen LogP) is 3.48. The summed E-state index contributed by atoms with van der Waals surface area (Å²) in [4.78, 5) is 51.5. The van der Waals surface area contributed by atoms with Crippen molar-refractivity contribution in [1.29, 1.82) is 0 Å². The number of Topliss-reactive ketones (excluding diaryl/α,β-unsaturated/α-hetero) is 1. The summed E-state index contributed by atoms with van der Waals surface area (Å²) in [5.74, 6) is -2.17. The van der Waals surface area contributed by atoms with Gasteiger partial charge >= 0.3 is 17.8 Å². The van der Waals surface area contributed by atoms with Gasteiger partial charge in [0.05, 0.1) is 6.54 Å². The van der Waals surface area contributed by atoms with Crippen molar-refractivity contribution >= 4 is 23.6 Å². The second-order valence-corrected chi connectivity index (χ2v) is 7.80. The fraction of sp³-hybridized carbons (Fsp3) is 0.391. The number of amides is 4. The summed E-state index contributed by atoms with van der Waals surface area (Å²) in [5, 5.41) is 0. The molecule has 1 aliphatic rings. The fourth-order valence-electron chi connectivity index (χ4n) is 3.74. The quantitative estimate of drug-likeness (QED) is 0.398. The van der Waals surface area contributed by atoms with Crippen molar-refractivity contribution in [2.45, 2.75) is 47.5 Å². The van der Waals surface area contributed by atoms with Crippen LogP contribution >= 0.6 is 0 Å². The molecule has 1 fully saturated rings. The van der Waals surface area contributed by atoms with E-state index in [0.29, 0.717) is 12.0 Å². The fourth-order valence-corrected chi connectivity index (χ4v) is 3.74. The highest BCUT2D eigenvalue weighted by Crippen LogP contribution is 2.24. The standard InChI is InChI=1S/C23H27N3O4/c1-6-7-10-24-21(28)22(29)25(23(24)30)13-20(27)19-12-16(4)26(17(19)5)18-9-8-14(2)15(3)11-18/h8-9,11-12H,6-7,10,13H2,1-5H3. The summed E-state index contributed by atoms with van der Waals surface area (Å²) in [5.41, 5.74) is 5.31. The molecule has 3 rings (SSSR count). The van der Waals surface area contributed by atoms with Crippen molar-refractivity contribution in [3.63, 3.8) is 0 Å². The van der Waals surface area contributed by atoms with Gasteiger partial charge in [-0.05, 0) is 63.4 Å². The highest BCUT2D eigenvalue weighted by atomic mass is 16.2. The number of carbonyl (C=O) groups is 4. The van der Waals surface area contributed by atoms with Gasteiger partial charge in [0.1, 0.15) is 0 Å². The molecule has 0 bridgehead atoms. The summed E-state index contributed by atoms with van der Waals surface area (Å²) in [6.07, 6.45) is 1.40. The normalized spacial score (nSPS) is 14.2. The highest BCUT2D eigenvalue weighted by Gasteiger charge is 2.44. The number of urea groups is 1. The number of aryl methyl sites for hydroxylation is 3. The van der Waals surface area contributed by atoms with Gasteiger partial charge in [-0.3, -0.25) is 19.3 Å². The molecule has 0 atom stereocenters. The van der Waals surface area contributed by atoms with Crippen LogP contribution in [0, 0.1) is 27.7 Å². The van der Waals surface area contributed by atoms with Crippen molar-refractivity contribution in [3.05, 3.63) is 52.3 Å². The van der Waals surface area contributed by atoms with E-state index in [9.17, 15) is 19.2 Å². The lowest BCUT2D eigenvalue weighted by Gasteiger charge is -2.15. The van der Waals surface area contributed by atoms with Crippen LogP contribution in [0.25, 0.3) is 5.69 Å². The van der Waals surface area contributed by atoms with E-state index in [0.717, 1.165) is 38.9 Å². The molecule has 0 unspecified atom stereocenters. The van der Waals surface area contributed by atoms with Crippen LogP contribution in [0.5, 0.6) is 0 Å². The molecule has 0 saturated carbocycles. The van der Waals surface area contributed by atoms with Crippen LogP contribution in [0.2, 0.25) is 0 Å². The van der Waals surface area contributed by atoms with E-state index in [2.05, 4.69) is 6.07 Å². The molecule has 2 heterocycles. The van der Waals surface area contributed by atoms with Crippen molar-refractivity contribution < 1.29 is 19.2 Å². The third-order valence-corrected chi connectivity index (χ3v) is 5.65. The molecule has 0 aliphatic carbocycles. The van der Waals surface area contributed by atoms with Crippen molar-refractivity contribution in [1.82, 2.24) is 14.4 Å². The topological polar surface area (TPSA) is 79.7 Å². The minimum atomic E-state index is -0.938. The van der Waals surface area contributed by atoms with Crippen LogP contribution in [-0.2, 0) is 9.59 Å². The van der Waals surface area contributed by atoms with E-state index in [-0.39, 0.29) is 12.3 Å². The average Bonchev–Trinajstić information content (AvgIpc) is 3.10. The summed E-state index contributed by atoms with van der Waals surface area (Å²) < 4.78 is 1.98. The number of ketones is 1. The first-order valence-electron chi connectivity index (χ1n) is 10.1. The van der Waals surface area contributed by atoms with Crippen LogP contribution in [0.3, 0.4) is 0 Å². The van der Waals surface area contributed by atoms with Gasteiger partial charge < -0.3 is 4.57 Å². The van der Waals surface area contributed by atoms with Gasteiger partial charge in [-0.15, -0.1) is 0 Å². The lowest BCUT2D eigenvalue weighted by molar-refractivity contribution is -0.143. The third-order valence-electron chi connectivity index (χ3n) is 5.65. The summed E-state index contributed by atoms with van der Waals surface area (Å²) >= 11 is 0. The molecule has 30 heavy (non-hydrogen) atoms. The van der Waals surface area contributed by atoms with Gasteiger partial charge in [0.2, 0.25) is 0 Å². The van der Waals surface area contributed by atoms with Crippen LogP contribution in [-0.4, -0.2) is 51.1 Å². The summed E-state index contributed by atoms with van der Waals surface area (Å²) in [6.45, 7) is 9.49. The lowest BCUT2D eigenvalue weighted by atomic mass is 10.1. The molecule has 1 aliphatic heterocycles. The van der Waals surface area contributed by atoms with E-state index < -0.39 is 24.4 Å². The second kappa shape index (κ2) is 8.26. The predicted molar refractivity (Wildman–Crippen MR) is 113 cm³/mol. The molecule has 1 saturated heterocycles. The van der Waals surface area contributed by atoms with E-state index in [1.807, 2.05) is 51.3 Å². The maximum absolute atomic E-state index is 13.0. The molecule has 0 radical (unpaired) electrons. The van der Waals surface area contributed by atoms with Crippen molar-refractivity contribution in [3.8, 4) is 5.69 Å². The number of hydrogen-bond acceptors (Lipinski definition) is 4. The maximum atomic E-state index is 13.0. The van der Waals surface area contributed by atoms with Crippen LogP contribution in [0.4, 0.5) is 4.79 Å². The number of hydrogen-bond donors (Lipinski definition) is 0. The number of rotatable bonds is 7. The number of aromatic nitrogens is 1. The van der Waals surface area contributed by atoms with Crippen molar-refractivity contribution in [2.24, 2.45) is 0 Å². The molecule has 1 aromatic carbocycles. The van der Waals surface area contributed by atoms with Crippen LogP contribution in [0.1, 0.15) is 52.6 Å². The lowest BCUT2D eigenvalue weighted by Crippen LogP contribution is -2.37. The smallest absolute Gasteiger partial charge is 0.318 e. The number of imide groups is 2. The molecule has 158 valence electrons. The van der Waals surface area contributed by atoms with Gasteiger partial charge in [-0.1, -0.05) is 19.4 Å². The minimum Gasteiger partial charge on any atom is -0.318 e. The number of nitrogens with zero attached hydrogens (tertiary/aromatic N) is 3. The van der Waals surface area contributed by atoms with E-state index in [4.69, 9.17) is 0 Å². The monoisotopic (exact) mass is 409 g/mol. The Kier molecular flexibility index (Phi) is 5.92. The zero-order valence-corrected chi connectivity index (χ0v) is 18.1. The number of carbonyl (C=O) groups excluding carboxylic acids is 4. The highest BCUT2D eigenvalue weighted by molar-refractivity contribution is 6.45. The summed E-state index contributed by atoms with van der Waals surface area (Å²) in [7, 11) is 0. The first-order valence-corrected chi connectivity index (χ1v) is 10.1. The maximum Gasteiger partial charge on any atom is 0.334 e. The Morgan fingerprint density at radius 2 is 1.57 bits per heavy atom. The molecule has 0 spiro atoms. The van der Waals surface area contributed by atoms with Crippen LogP contribution < -0.4 is 0 Å². The van der Waals surface area contributed by atoms with Gasteiger partial charge in [0.15, 0.2) is 5.78 Å². The average molecular weight is 409 g/mol. The molecular formula is C23H27N3O4. The molecule has 2 aromatic rings. The first kappa shape index (κ1) is 21.5. The van der Waals surface area contributed by atoms with Gasteiger partial charge in [0.25, 0.3) is 0 Å².